The van der Waals surface area contributed by atoms with Gasteiger partial charge in [-0.1, -0.05) is 19.6 Å². The van der Waals surface area contributed by atoms with Gasteiger partial charge in [-0.05, 0) is 24.1 Å². The molecule has 0 aliphatic rings. The molecule has 0 saturated heterocycles. The molecule has 1 aromatic heterocycles. The van der Waals surface area contributed by atoms with Crippen molar-refractivity contribution in [3.8, 4) is 5.75 Å². The van der Waals surface area contributed by atoms with Gasteiger partial charge in [0.15, 0.2) is 0 Å². The molecule has 88 valence electrons. The van der Waals surface area contributed by atoms with Crippen LogP contribution in [0, 0.1) is 0 Å². The van der Waals surface area contributed by atoms with E-state index < -0.39 is 0 Å². The summed E-state index contributed by atoms with van der Waals surface area (Å²) in [6.07, 6.45) is 2.47. The van der Waals surface area contributed by atoms with Crippen LogP contribution in [0.2, 0.25) is 0 Å². The molecule has 0 fully saturated rings. The zero-order valence-corrected chi connectivity index (χ0v) is 9.73. The first-order chi connectivity index (χ1) is 8.24. The molecule has 0 N–H and O–H groups in total. The van der Waals surface area contributed by atoms with Crippen molar-refractivity contribution in [2.75, 3.05) is 6.61 Å². The fourth-order valence-corrected chi connectivity index (χ4v) is 1.75. The van der Waals surface area contributed by atoms with Crippen LogP contribution in [-0.4, -0.2) is 6.61 Å². The van der Waals surface area contributed by atoms with E-state index in [9.17, 15) is 4.79 Å². The second-order valence-corrected chi connectivity index (χ2v) is 3.70. The number of aryl methyl sites for hydroxylation is 1. The van der Waals surface area contributed by atoms with Crippen LogP contribution in [-0.2, 0) is 6.42 Å². The Morgan fingerprint density at radius 1 is 1.41 bits per heavy atom. The van der Waals surface area contributed by atoms with E-state index in [0.29, 0.717) is 17.9 Å². The first kappa shape index (κ1) is 11.5. The van der Waals surface area contributed by atoms with Crippen LogP contribution in [0.4, 0.5) is 0 Å². The molecule has 0 unspecified atom stereocenters. The predicted octanol–water partition coefficient (Wildman–Crippen LogP) is 2.92. The summed E-state index contributed by atoms with van der Waals surface area (Å²) in [6.45, 7) is 6.03. The number of benzene rings is 1. The van der Waals surface area contributed by atoms with Crippen LogP contribution < -0.4 is 10.4 Å². The van der Waals surface area contributed by atoms with Gasteiger partial charge in [0.2, 0.25) is 0 Å². The summed E-state index contributed by atoms with van der Waals surface area (Å²) in [5.74, 6) is 0.675. The van der Waals surface area contributed by atoms with Crippen molar-refractivity contribution in [2.24, 2.45) is 0 Å². The summed E-state index contributed by atoms with van der Waals surface area (Å²) < 4.78 is 10.6. The Hall–Kier alpha value is -2.03. The molecular formula is C14H14O3. The molecule has 3 heteroatoms. The van der Waals surface area contributed by atoms with Gasteiger partial charge >= 0.3 is 5.63 Å². The Balaban J connectivity index is 2.53. The van der Waals surface area contributed by atoms with Gasteiger partial charge in [0, 0.05) is 17.5 Å². The highest BCUT2D eigenvalue weighted by Gasteiger charge is 2.05. The van der Waals surface area contributed by atoms with Crippen molar-refractivity contribution in [1.82, 2.24) is 0 Å². The molecule has 17 heavy (non-hydrogen) atoms. The Morgan fingerprint density at radius 3 is 2.94 bits per heavy atom. The summed E-state index contributed by atoms with van der Waals surface area (Å²) in [5, 5.41) is 0.957. The van der Waals surface area contributed by atoms with E-state index in [4.69, 9.17) is 9.15 Å². The molecule has 0 aliphatic carbocycles. The second-order valence-electron chi connectivity index (χ2n) is 3.70. The van der Waals surface area contributed by atoms with Crippen LogP contribution in [0.3, 0.4) is 0 Å². The Bertz CT molecular complexity index is 596. The van der Waals surface area contributed by atoms with Gasteiger partial charge in [-0.2, -0.15) is 0 Å². The zero-order chi connectivity index (χ0) is 12.3. The Labute approximate surface area is 99.3 Å². The van der Waals surface area contributed by atoms with E-state index in [0.717, 1.165) is 17.4 Å². The second kappa shape index (κ2) is 4.87. The Morgan fingerprint density at radius 2 is 2.24 bits per heavy atom. The number of hydrogen-bond acceptors (Lipinski definition) is 3. The van der Waals surface area contributed by atoms with E-state index in [2.05, 4.69) is 6.58 Å². The van der Waals surface area contributed by atoms with Crippen molar-refractivity contribution < 1.29 is 9.15 Å². The molecule has 0 aliphatic heterocycles. The first-order valence-electron chi connectivity index (χ1n) is 5.55. The fourth-order valence-electron chi connectivity index (χ4n) is 1.75. The average Bonchev–Trinajstić information content (AvgIpc) is 2.34. The highest BCUT2D eigenvalue weighted by molar-refractivity contribution is 5.81. The van der Waals surface area contributed by atoms with E-state index in [1.165, 1.54) is 6.07 Å². The van der Waals surface area contributed by atoms with E-state index in [-0.39, 0.29) is 5.63 Å². The Kier molecular flexibility index (Phi) is 3.28. The lowest BCUT2D eigenvalue weighted by Gasteiger charge is -2.06. The van der Waals surface area contributed by atoms with Crippen molar-refractivity contribution in [3.05, 3.63) is 52.9 Å². The van der Waals surface area contributed by atoms with Crippen LogP contribution in [0.5, 0.6) is 5.75 Å². The summed E-state index contributed by atoms with van der Waals surface area (Å²) in [6, 6.07) is 7.05. The molecule has 3 nitrogen and oxygen atoms in total. The maximum absolute atomic E-state index is 11.4. The monoisotopic (exact) mass is 230 g/mol. The smallest absolute Gasteiger partial charge is 0.336 e. The topological polar surface area (TPSA) is 39.4 Å². The largest absolute Gasteiger partial charge is 0.489 e. The molecule has 0 atom stereocenters. The number of ether oxygens (including phenoxy) is 1. The van der Waals surface area contributed by atoms with E-state index >= 15 is 0 Å². The third-order valence-corrected chi connectivity index (χ3v) is 2.55. The van der Waals surface area contributed by atoms with Crippen molar-refractivity contribution >= 4 is 11.0 Å². The van der Waals surface area contributed by atoms with E-state index in [1.54, 1.807) is 12.1 Å². The molecular weight excluding hydrogens is 216 g/mol. The van der Waals surface area contributed by atoms with Crippen molar-refractivity contribution in [2.45, 2.75) is 13.3 Å². The molecule has 2 aromatic rings. The molecule has 0 amide bonds. The molecule has 0 spiro atoms. The maximum Gasteiger partial charge on any atom is 0.336 e. The van der Waals surface area contributed by atoms with Gasteiger partial charge < -0.3 is 9.15 Å². The van der Waals surface area contributed by atoms with Gasteiger partial charge in [-0.15, -0.1) is 0 Å². The average molecular weight is 230 g/mol. The van der Waals surface area contributed by atoms with Crippen LogP contribution in [0.25, 0.3) is 11.0 Å². The highest BCUT2D eigenvalue weighted by atomic mass is 16.5. The third-order valence-electron chi connectivity index (χ3n) is 2.55. The predicted molar refractivity (Wildman–Crippen MR) is 67.6 cm³/mol. The quantitative estimate of drug-likeness (QED) is 0.599. The van der Waals surface area contributed by atoms with Gasteiger partial charge in [0.05, 0.1) is 0 Å². The highest BCUT2D eigenvalue weighted by Crippen LogP contribution is 2.22. The summed E-state index contributed by atoms with van der Waals surface area (Å²) >= 11 is 0. The summed E-state index contributed by atoms with van der Waals surface area (Å²) in [7, 11) is 0. The van der Waals surface area contributed by atoms with E-state index in [1.807, 2.05) is 19.1 Å². The lowest BCUT2D eigenvalue weighted by Crippen LogP contribution is -2.00. The lowest BCUT2D eigenvalue weighted by atomic mass is 10.1. The number of hydrogen-bond donors (Lipinski definition) is 0. The van der Waals surface area contributed by atoms with Crippen molar-refractivity contribution in [1.29, 1.82) is 0 Å². The normalized spacial score (nSPS) is 10.4. The molecule has 0 radical (unpaired) electrons. The van der Waals surface area contributed by atoms with Gasteiger partial charge in [-0.3, -0.25) is 0 Å². The SMILES string of the molecule is C=CCOc1ccc2c(CC)cc(=O)oc2c1. The third kappa shape index (κ3) is 2.38. The zero-order valence-electron chi connectivity index (χ0n) is 9.73. The number of fused-ring (bicyclic) bond motifs is 1. The van der Waals surface area contributed by atoms with Crippen LogP contribution >= 0.6 is 0 Å². The van der Waals surface area contributed by atoms with Crippen LogP contribution in [0.15, 0.2) is 46.1 Å². The van der Waals surface area contributed by atoms with Gasteiger partial charge in [0.1, 0.15) is 17.9 Å². The molecule has 1 aromatic carbocycles. The minimum Gasteiger partial charge on any atom is -0.489 e. The minimum atomic E-state index is -0.324. The molecule has 0 saturated carbocycles. The first-order valence-corrected chi connectivity index (χ1v) is 5.55. The molecule has 2 rings (SSSR count). The van der Waals surface area contributed by atoms with Gasteiger partial charge in [0.25, 0.3) is 0 Å². The molecule has 0 bridgehead atoms. The minimum absolute atomic E-state index is 0.324. The lowest BCUT2D eigenvalue weighted by molar-refractivity contribution is 0.363. The summed E-state index contributed by atoms with van der Waals surface area (Å²) in [4.78, 5) is 11.4. The maximum atomic E-state index is 11.4. The van der Waals surface area contributed by atoms with Gasteiger partial charge in [-0.25, -0.2) is 4.79 Å². The molecule has 1 heterocycles. The van der Waals surface area contributed by atoms with Crippen LogP contribution in [0.1, 0.15) is 12.5 Å². The fraction of sp³-hybridized carbons (Fsp3) is 0.214. The summed E-state index contributed by atoms with van der Waals surface area (Å²) in [5.41, 5.74) is 1.23. The standard InChI is InChI=1S/C14H14O3/c1-3-7-16-11-5-6-12-10(4-2)8-14(15)17-13(12)9-11/h3,5-6,8-9H,1,4,7H2,2H3. The van der Waals surface area contributed by atoms with Crippen molar-refractivity contribution in [3.63, 3.8) is 0 Å². The number of rotatable bonds is 4.